The van der Waals surface area contributed by atoms with Crippen LogP contribution in [0.4, 0.5) is 8.78 Å². The van der Waals surface area contributed by atoms with Gasteiger partial charge >= 0.3 is 0 Å². The van der Waals surface area contributed by atoms with Crippen LogP contribution in [0.5, 0.6) is 0 Å². The third-order valence-electron chi connectivity index (χ3n) is 0.410. The third kappa shape index (κ3) is 5.31. The van der Waals surface area contributed by atoms with Crippen molar-refractivity contribution >= 4 is 0 Å². The number of rotatable bonds is 3. The summed E-state index contributed by atoms with van der Waals surface area (Å²) in [7, 11) is 0. The van der Waals surface area contributed by atoms with Gasteiger partial charge in [-0.2, -0.15) is 5.26 Å². The Labute approximate surface area is 45.7 Å². The van der Waals surface area contributed by atoms with Gasteiger partial charge in [-0.15, -0.1) is 0 Å². The highest BCUT2D eigenvalue weighted by molar-refractivity contribution is 4.66. The van der Waals surface area contributed by atoms with Gasteiger partial charge in [-0.05, 0) is 0 Å². The minimum absolute atomic E-state index is 0.260. The molecule has 2 nitrogen and oxygen atoms in total. The number of ether oxygens (including phenoxy) is 1. The molecule has 0 bridgehead atoms. The van der Waals surface area contributed by atoms with Crippen LogP contribution in [0.2, 0.25) is 0 Å². The van der Waals surface area contributed by atoms with E-state index in [0.717, 1.165) is 0 Å². The summed E-state index contributed by atoms with van der Waals surface area (Å²) in [4.78, 5) is 0. The number of hydrogen-bond acceptors (Lipinski definition) is 2. The lowest BCUT2D eigenvalue weighted by atomic mass is 10.7. The van der Waals surface area contributed by atoms with Crippen LogP contribution in [0.1, 0.15) is 0 Å². The fraction of sp³-hybridized carbons (Fsp3) is 0.750. The zero-order chi connectivity index (χ0) is 6.41. The molecular formula is C4H5F2NO. The Morgan fingerprint density at radius 2 is 2.25 bits per heavy atom. The molecule has 0 unspecified atom stereocenters. The van der Waals surface area contributed by atoms with E-state index in [2.05, 4.69) is 4.74 Å². The predicted molar refractivity (Wildman–Crippen MR) is 22.4 cm³/mol. The van der Waals surface area contributed by atoms with E-state index < -0.39 is 13.0 Å². The van der Waals surface area contributed by atoms with Gasteiger partial charge in [0, 0.05) is 0 Å². The average Bonchev–Trinajstić information content (AvgIpc) is 1.66. The first-order valence-corrected chi connectivity index (χ1v) is 2.00. The first-order chi connectivity index (χ1) is 3.77. The minimum Gasteiger partial charge on any atom is -0.361 e. The van der Waals surface area contributed by atoms with Gasteiger partial charge in [0.2, 0.25) is 0 Å². The second kappa shape index (κ2) is 4.47. The summed E-state index contributed by atoms with van der Waals surface area (Å²) in [5.74, 6) is 0. The lowest BCUT2D eigenvalue weighted by Crippen LogP contribution is -2.03. The molecule has 0 heterocycles. The molecule has 0 aromatic carbocycles. The third-order valence-corrected chi connectivity index (χ3v) is 0.410. The molecule has 4 heteroatoms. The molecule has 0 atom stereocenters. The molecule has 0 amide bonds. The van der Waals surface area contributed by atoms with Gasteiger partial charge in [0.05, 0.1) is 6.07 Å². The molecule has 0 aliphatic heterocycles. The van der Waals surface area contributed by atoms with Crippen molar-refractivity contribution in [2.24, 2.45) is 0 Å². The van der Waals surface area contributed by atoms with Crippen LogP contribution in [0.25, 0.3) is 0 Å². The van der Waals surface area contributed by atoms with E-state index >= 15 is 0 Å². The quantitative estimate of drug-likeness (QED) is 0.517. The van der Waals surface area contributed by atoms with Gasteiger partial charge in [-0.1, -0.05) is 0 Å². The topological polar surface area (TPSA) is 33.0 Å². The van der Waals surface area contributed by atoms with Crippen LogP contribution < -0.4 is 0 Å². The van der Waals surface area contributed by atoms with E-state index in [1.807, 2.05) is 0 Å². The maximum absolute atomic E-state index is 11.1. The van der Waals surface area contributed by atoms with Crippen LogP contribution in [-0.2, 0) is 4.74 Å². The molecule has 0 aliphatic carbocycles. The average molecular weight is 121 g/mol. The van der Waals surface area contributed by atoms with Crippen molar-refractivity contribution in [1.82, 2.24) is 0 Å². The van der Waals surface area contributed by atoms with Crippen LogP contribution >= 0.6 is 0 Å². The lowest BCUT2D eigenvalue weighted by molar-refractivity contribution is 0.0301. The fourth-order valence-electron chi connectivity index (χ4n) is 0.194. The molecular weight excluding hydrogens is 116 g/mol. The normalized spacial score (nSPS) is 9.25. The fourth-order valence-corrected chi connectivity index (χ4v) is 0.194. The largest absolute Gasteiger partial charge is 0.361 e. The predicted octanol–water partition coefficient (Wildman–Crippen LogP) is 0.792. The van der Waals surface area contributed by atoms with E-state index in [0.29, 0.717) is 0 Å². The Kier molecular flexibility index (Phi) is 4.08. The van der Waals surface area contributed by atoms with Crippen molar-refractivity contribution in [3.8, 4) is 6.07 Å². The highest BCUT2D eigenvalue weighted by Crippen LogP contribution is 1.90. The number of hydrogen-bond donors (Lipinski definition) is 0. The molecule has 0 saturated heterocycles. The van der Waals surface area contributed by atoms with Gasteiger partial charge < -0.3 is 4.74 Å². The molecule has 0 spiro atoms. The Hall–Kier alpha value is -0.690. The Morgan fingerprint density at radius 3 is 2.62 bits per heavy atom. The highest BCUT2D eigenvalue weighted by atomic mass is 19.3. The van der Waals surface area contributed by atoms with Crippen LogP contribution in [0.3, 0.4) is 0 Å². The van der Waals surface area contributed by atoms with Gasteiger partial charge in [-0.25, -0.2) is 8.78 Å². The molecule has 0 radical (unpaired) electrons. The van der Waals surface area contributed by atoms with Crippen molar-refractivity contribution in [2.75, 3.05) is 13.2 Å². The Bertz CT molecular complexity index is 88.5. The second-order valence-electron chi connectivity index (χ2n) is 1.06. The minimum atomic E-state index is -2.47. The van der Waals surface area contributed by atoms with Crippen molar-refractivity contribution < 1.29 is 13.5 Å². The van der Waals surface area contributed by atoms with Crippen molar-refractivity contribution in [3.05, 3.63) is 0 Å². The summed E-state index contributed by atoms with van der Waals surface area (Å²) in [6.45, 7) is -0.905. The molecule has 0 N–H and O–H groups in total. The molecule has 0 aromatic heterocycles. The first kappa shape index (κ1) is 7.31. The molecule has 46 valence electrons. The maximum atomic E-state index is 11.1. The lowest BCUT2D eigenvalue weighted by Gasteiger charge is -1.94. The van der Waals surface area contributed by atoms with Crippen LogP contribution in [-0.4, -0.2) is 19.6 Å². The highest BCUT2D eigenvalue weighted by Gasteiger charge is 1.99. The first-order valence-electron chi connectivity index (χ1n) is 2.00. The molecule has 0 rings (SSSR count). The summed E-state index contributed by atoms with van der Waals surface area (Å²) < 4.78 is 26.4. The maximum Gasteiger partial charge on any atom is 0.261 e. The summed E-state index contributed by atoms with van der Waals surface area (Å²) >= 11 is 0. The van der Waals surface area contributed by atoms with Gasteiger partial charge in [0.15, 0.2) is 0 Å². The molecule has 0 fully saturated rings. The number of alkyl halides is 2. The smallest absolute Gasteiger partial charge is 0.261 e. The zero-order valence-corrected chi connectivity index (χ0v) is 4.10. The van der Waals surface area contributed by atoms with Crippen molar-refractivity contribution in [2.45, 2.75) is 6.43 Å². The molecule has 0 aromatic rings. The summed E-state index contributed by atoms with van der Waals surface area (Å²) in [6.07, 6.45) is -2.47. The number of nitriles is 1. The van der Waals surface area contributed by atoms with Crippen LogP contribution in [0, 0.1) is 11.3 Å². The van der Waals surface area contributed by atoms with E-state index in [-0.39, 0.29) is 6.61 Å². The van der Waals surface area contributed by atoms with E-state index in [1.54, 1.807) is 6.07 Å². The summed E-state index contributed by atoms with van der Waals surface area (Å²) in [5, 5.41) is 7.76. The summed E-state index contributed by atoms with van der Waals surface area (Å²) in [6, 6.07) is 1.57. The summed E-state index contributed by atoms with van der Waals surface area (Å²) in [5.41, 5.74) is 0. The number of nitrogens with zero attached hydrogens (tertiary/aromatic N) is 1. The van der Waals surface area contributed by atoms with Gasteiger partial charge in [0.25, 0.3) is 6.43 Å². The Balaban J connectivity index is 2.85. The van der Waals surface area contributed by atoms with Gasteiger partial charge in [0.1, 0.15) is 13.2 Å². The van der Waals surface area contributed by atoms with E-state index in [4.69, 9.17) is 5.26 Å². The Morgan fingerprint density at radius 1 is 1.62 bits per heavy atom. The molecule has 8 heavy (non-hydrogen) atoms. The second-order valence-corrected chi connectivity index (χ2v) is 1.06. The van der Waals surface area contributed by atoms with Gasteiger partial charge in [-0.3, -0.25) is 0 Å². The van der Waals surface area contributed by atoms with Crippen molar-refractivity contribution in [1.29, 1.82) is 5.26 Å². The molecule has 0 saturated carbocycles. The zero-order valence-electron chi connectivity index (χ0n) is 4.10. The van der Waals surface area contributed by atoms with E-state index in [9.17, 15) is 8.78 Å². The van der Waals surface area contributed by atoms with Crippen LogP contribution in [0.15, 0.2) is 0 Å². The standard InChI is InChI=1S/C4H5F2NO/c5-4(6)3-8-2-1-7/h4H,2-3H2. The van der Waals surface area contributed by atoms with Crippen molar-refractivity contribution in [3.63, 3.8) is 0 Å². The SMILES string of the molecule is N#CCOCC(F)F. The van der Waals surface area contributed by atoms with E-state index in [1.165, 1.54) is 0 Å². The monoisotopic (exact) mass is 121 g/mol. The number of halogens is 2. The molecule has 0 aliphatic rings.